The Morgan fingerprint density at radius 2 is 2.12 bits per heavy atom. The molecular weight excluding hydrogens is 316 g/mol. The van der Waals surface area contributed by atoms with Crippen LogP contribution in [0.5, 0.6) is 0 Å². The maximum absolute atomic E-state index is 12.6. The highest BCUT2D eigenvalue weighted by atomic mass is 16.2. The van der Waals surface area contributed by atoms with Crippen LogP contribution in [0.1, 0.15) is 47.2 Å². The molecular formula is C19H20N4O2. The molecule has 0 aromatic carbocycles. The molecule has 0 fully saturated rings. The SMILES string of the molecule is C.CC1CC(=O)c2c(C(=O)Nc3ccc4cccnc4n3)c[nH]c2C1. The molecule has 3 heterocycles. The largest absolute Gasteiger partial charge is 0.364 e. The number of pyridine rings is 2. The fraction of sp³-hybridized carbons (Fsp3) is 0.263. The zero-order valence-electron chi connectivity index (χ0n) is 13.2. The van der Waals surface area contributed by atoms with Gasteiger partial charge in [-0.25, -0.2) is 9.97 Å². The molecule has 1 aliphatic carbocycles. The average Bonchev–Trinajstić information content (AvgIpc) is 2.99. The van der Waals surface area contributed by atoms with E-state index in [1.54, 1.807) is 18.5 Å². The van der Waals surface area contributed by atoms with Gasteiger partial charge in [0.2, 0.25) is 0 Å². The highest BCUT2D eigenvalue weighted by Crippen LogP contribution is 2.28. The van der Waals surface area contributed by atoms with E-state index in [9.17, 15) is 9.59 Å². The van der Waals surface area contributed by atoms with Crippen LogP contribution in [-0.2, 0) is 6.42 Å². The molecule has 0 saturated heterocycles. The summed E-state index contributed by atoms with van der Waals surface area (Å²) in [6.07, 6.45) is 4.52. The Bertz CT molecular complexity index is 961. The van der Waals surface area contributed by atoms with Gasteiger partial charge in [-0.05, 0) is 36.6 Å². The van der Waals surface area contributed by atoms with Crippen LogP contribution < -0.4 is 5.32 Å². The maximum Gasteiger partial charge on any atom is 0.259 e. The lowest BCUT2D eigenvalue weighted by Gasteiger charge is -2.17. The first kappa shape index (κ1) is 16.8. The van der Waals surface area contributed by atoms with Crippen LogP contribution in [0.2, 0.25) is 0 Å². The number of carbonyl (C=O) groups excluding carboxylic acids is 2. The smallest absolute Gasteiger partial charge is 0.259 e. The number of hydrogen-bond donors (Lipinski definition) is 2. The van der Waals surface area contributed by atoms with Gasteiger partial charge in [0.15, 0.2) is 11.4 Å². The summed E-state index contributed by atoms with van der Waals surface area (Å²) in [5, 5.41) is 3.66. The summed E-state index contributed by atoms with van der Waals surface area (Å²) < 4.78 is 0. The highest BCUT2D eigenvalue weighted by molar-refractivity contribution is 6.13. The zero-order chi connectivity index (χ0) is 16.7. The first-order valence-electron chi connectivity index (χ1n) is 7.88. The van der Waals surface area contributed by atoms with E-state index in [0.29, 0.717) is 34.9 Å². The molecule has 1 aliphatic rings. The fourth-order valence-corrected chi connectivity index (χ4v) is 3.17. The number of H-pyrrole nitrogens is 1. The molecule has 25 heavy (non-hydrogen) atoms. The van der Waals surface area contributed by atoms with Crippen molar-refractivity contribution in [3.63, 3.8) is 0 Å². The number of Topliss-reactive ketones (excluding diaryl/α,β-unsaturated/α-hetero) is 1. The molecule has 0 bridgehead atoms. The summed E-state index contributed by atoms with van der Waals surface area (Å²) in [5.74, 6) is 0.395. The summed E-state index contributed by atoms with van der Waals surface area (Å²) in [6.45, 7) is 2.04. The van der Waals surface area contributed by atoms with Crippen LogP contribution in [0.4, 0.5) is 5.82 Å². The predicted molar refractivity (Wildman–Crippen MR) is 96.8 cm³/mol. The van der Waals surface area contributed by atoms with Crippen molar-refractivity contribution in [2.75, 3.05) is 5.32 Å². The lowest BCUT2D eigenvalue weighted by Crippen LogP contribution is -2.21. The van der Waals surface area contributed by atoms with Gasteiger partial charge in [-0.1, -0.05) is 14.4 Å². The summed E-state index contributed by atoms with van der Waals surface area (Å²) in [6, 6.07) is 7.32. The Kier molecular flexibility index (Phi) is 4.35. The summed E-state index contributed by atoms with van der Waals surface area (Å²) in [4.78, 5) is 36.4. The topological polar surface area (TPSA) is 87.7 Å². The van der Waals surface area contributed by atoms with Crippen molar-refractivity contribution in [2.45, 2.75) is 27.2 Å². The molecule has 0 radical (unpaired) electrons. The van der Waals surface area contributed by atoms with Crippen LogP contribution in [0, 0.1) is 5.92 Å². The molecule has 1 atom stereocenters. The Balaban J connectivity index is 0.00000182. The standard InChI is InChI=1S/C18H16N4O2.CH4/c1-10-7-13-16(14(23)8-10)12(9-20-13)18(24)22-15-5-4-11-3-2-6-19-17(11)21-15;/h2-6,9-10,20H,7-8H2,1H3,(H,19,21,22,24);1H4. The van der Waals surface area contributed by atoms with E-state index in [1.165, 1.54) is 0 Å². The van der Waals surface area contributed by atoms with Crippen molar-refractivity contribution in [2.24, 2.45) is 5.92 Å². The lowest BCUT2D eigenvalue weighted by molar-refractivity contribution is 0.0940. The molecule has 3 aromatic heterocycles. The van der Waals surface area contributed by atoms with E-state index < -0.39 is 0 Å². The number of nitrogens with one attached hydrogen (secondary N) is 2. The first-order valence-corrected chi connectivity index (χ1v) is 7.88. The van der Waals surface area contributed by atoms with Gasteiger partial charge >= 0.3 is 0 Å². The third-order valence-electron chi connectivity index (χ3n) is 4.28. The minimum Gasteiger partial charge on any atom is -0.364 e. The molecule has 3 aromatic rings. The Hall–Kier alpha value is -3.02. The van der Waals surface area contributed by atoms with Gasteiger partial charge in [-0.15, -0.1) is 0 Å². The summed E-state index contributed by atoms with van der Waals surface area (Å²) in [5.41, 5.74) is 2.31. The Morgan fingerprint density at radius 1 is 1.28 bits per heavy atom. The number of hydrogen-bond acceptors (Lipinski definition) is 4. The summed E-state index contributed by atoms with van der Waals surface area (Å²) in [7, 11) is 0. The van der Waals surface area contributed by atoms with Crippen LogP contribution in [0.15, 0.2) is 36.7 Å². The molecule has 0 saturated carbocycles. The molecule has 1 amide bonds. The van der Waals surface area contributed by atoms with Gasteiger partial charge in [0.1, 0.15) is 5.82 Å². The van der Waals surface area contributed by atoms with Crippen LogP contribution in [0.25, 0.3) is 11.0 Å². The van der Waals surface area contributed by atoms with E-state index in [4.69, 9.17) is 0 Å². The van der Waals surface area contributed by atoms with Crippen molar-refractivity contribution in [3.8, 4) is 0 Å². The third-order valence-corrected chi connectivity index (χ3v) is 4.28. The van der Waals surface area contributed by atoms with E-state index in [1.807, 2.05) is 25.1 Å². The zero-order valence-corrected chi connectivity index (χ0v) is 13.2. The fourth-order valence-electron chi connectivity index (χ4n) is 3.17. The van der Waals surface area contributed by atoms with Crippen LogP contribution in [-0.4, -0.2) is 26.6 Å². The summed E-state index contributed by atoms with van der Waals surface area (Å²) >= 11 is 0. The predicted octanol–water partition coefficient (Wildman–Crippen LogP) is 3.61. The number of carbonyl (C=O) groups is 2. The van der Waals surface area contributed by atoms with Crippen molar-refractivity contribution in [1.82, 2.24) is 15.0 Å². The monoisotopic (exact) mass is 336 g/mol. The minimum absolute atomic E-state index is 0. The van der Waals surface area contributed by atoms with Crippen LogP contribution >= 0.6 is 0 Å². The first-order chi connectivity index (χ1) is 11.6. The van der Waals surface area contributed by atoms with Crippen molar-refractivity contribution < 1.29 is 9.59 Å². The molecule has 4 rings (SSSR count). The number of ketones is 1. The number of rotatable bonds is 2. The van der Waals surface area contributed by atoms with Crippen LogP contribution in [0.3, 0.4) is 0 Å². The second kappa shape index (κ2) is 6.47. The molecule has 6 nitrogen and oxygen atoms in total. The molecule has 0 spiro atoms. The lowest BCUT2D eigenvalue weighted by atomic mass is 9.86. The van der Waals surface area contributed by atoms with Crippen molar-refractivity contribution in [1.29, 1.82) is 0 Å². The Labute approximate surface area is 145 Å². The number of nitrogens with zero attached hydrogens (tertiary/aromatic N) is 2. The van der Waals surface area contributed by atoms with E-state index in [-0.39, 0.29) is 19.1 Å². The number of amides is 1. The van der Waals surface area contributed by atoms with Gasteiger partial charge in [-0.2, -0.15) is 0 Å². The molecule has 0 aliphatic heterocycles. The average molecular weight is 336 g/mol. The molecule has 1 unspecified atom stereocenters. The number of aromatic nitrogens is 3. The second-order valence-corrected chi connectivity index (χ2v) is 6.19. The number of fused-ring (bicyclic) bond motifs is 2. The van der Waals surface area contributed by atoms with Crippen molar-refractivity contribution >= 4 is 28.5 Å². The van der Waals surface area contributed by atoms with Gasteiger partial charge in [0, 0.05) is 29.9 Å². The number of anilines is 1. The molecule has 6 heteroatoms. The molecule has 128 valence electrons. The van der Waals surface area contributed by atoms with Gasteiger partial charge in [-0.3, -0.25) is 9.59 Å². The maximum atomic E-state index is 12.6. The Morgan fingerprint density at radius 3 is 2.96 bits per heavy atom. The number of aromatic amines is 1. The van der Waals surface area contributed by atoms with Gasteiger partial charge in [0.25, 0.3) is 5.91 Å². The van der Waals surface area contributed by atoms with Crippen molar-refractivity contribution in [3.05, 3.63) is 53.5 Å². The molecule has 2 N–H and O–H groups in total. The third kappa shape index (κ3) is 3.03. The minimum atomic E-state index is -0.335. The highest BCUT2D eigenvalue weighted by Gasteiger charge is 2.29. The normalized spacial score (nSPS) is 16.2. The van der Waals surface area contributed by atoms with Gasteiger partial charge in [0.05, 0.1) is 11.1 Å². The van der Waals surface area contributed by atoms with E-state index >= 15 is 0 Å². The second-order valence-electron chi connectivity index (χ2n) is 6.19. The van der Waals surface area contributed by atoms with E-state index in [2.05, 4.69) is 20.3 Å². The quantitative estimate of drug-likeness (QED) is 0.748. The van der Waals surface area contributed by atoms with Gasteiger partial charge < -0.3 is 10.3 Å². The van der Waals surface area contributed by atoms with E-state index in [0.717, 1.165) is 17.5 Å².